The molecule has 1 aromatic heterocycles. The maximum absolute atomic E-state index is 13.0. The standard InChI is InChI=1S/C26H25ClN4O2S/c1-17-10-9-11-18(2)24(17)28-25(32)19(3)34-26-30-29-23(31(26)20-12-5-4-6-13-20)16-33-22-15-8-7-14-21(22)27/h4-15,19H,16H2,1-3H3,(H,28,32). The van der Waals surface area contributed by atoms with Crippen molar-refractivity contribution in [2.75, 3.05) is 5.32 Å². The second-order valence-electron chi connectivity index (χ2n) is 7.80. The Kier molecular flexibility index (Phi) is 7.55. The molecule has 3 aromatic carbocycles. The van der Waals surface area contributed by atoms with Crippen molar-refractivity contribution in [1.82, 2.24) is 14.8 Å². The molecule has 1 unspecified atom stereocenters. The molecular formula is C26H25ClN4O2S. The number of hydrogen-bond acceptors (Lipinski definition) is 5. The van der Waals surface area contributed by atoms with Gasteiger partial charge < -0.3 is 10.1 Å². The Morgan fingerprint density at radius 1 is 1.00 bits per heavy atom. The number of benzene rings is 3. The maximum Gasteiger partial charge on any atom is 0.237 e. The summed E-state index contributed by atoms with van der Waals surface area (Å²) >= 11 is 7.57. The third kappa shape index (κ3) is 5.43. The number of aromatic nitrogens is 3. The second-order valence-corrected chi connectivity index (χ2v) is 9.52. The summed E-state index contributed by atoms with van der Waals surface area (Å²) in [7, 11) is 0. The highest BCUT2D eigenvalue weighted by Crippen LogP contribution is 2.29. The molecule has 1 amide bonds. The van der Waals surface area contributed by atoms with Crippen LogP contribution >= 0.6 is 23.4 Å². The lowest BCUT2D eigenvalue weighted by molar-refractivity contribution is -0.115. The first-order valence-electron chi connectivity index (χ1n) is 10.8. The van der Waals surface area contributed by atoms with Crippen LogP contribution in [-0.4, -0.2) is 25.9 Å². The zero-order valence-electron chi connectivity index (χ0n) is 19.2. The Morgan fingerprint density at radius 3 is 2.38 bits per heavy atom. The lowest BCUT2D eigenvalue weighted by atomic mass is 10.1. The van der Waals surface area contributed by atoms with Crippen molar-refractivity contribution in [3.63, 3.8) is 0 Å². The number of para-hydroxylation sites is 3. The molecule has 0 aliphatic heterocycles. The number of amides is 1. The number of carbonyl (C=O) groups excluding carboxylic acids is 1. The molecule has 1 heterocycles. The number of nitrogens with one attached hydrogen (secondary N) is 1. The number of aryl methyl sites for hydroxylation is 2. The average Bonchev–Trinajstić information content (AvgIpc) is 3.23. The summed E-state index contributed by atoms with van der Waals surface area (Å²) in [5, 5.41) is 12.5. The summed E-state index contributed by atoms with van der Waals surface area (Å²) in [5.41, 5.74) is 3.78. The van der Waals surface area contributed by atoms with Gasteiger partial charge in [-0.15, -0.1) is 10.2 Å². The van der Waals surface area contributed by atoms with Gasteiger partial charge in [0.05, 0.1) is 10.3 Å². The van der Waals surface area contributed by atoms with Crippen molar-refractivity contribution < 1.29 is 9.53 Å². The van der Waals surface area contributed by atoms with E-state index in [9.17, 15) is 4.79 Å². The SMILES string of the molecule is Cc1cccc(C)c1NC(=O)C(C)Sc1nnc(COc2ccccc2Cl)n1-c1ccccc1. The first-order valence-corrected chi connectivity index (χ1v) is 12.1. The summed E-state index contributed by atoms with van der Waals surface area (Å²) < 4.78 is 7.82. The number of halogens is 1. The summed E-state index contributed by atoms with van der Waals surface area (Å²) in [6.45, 7) is 6.00. The number of hydrogen-bond donors (Lipinski definition) is 1. The summed E-state index contributed by atoms with van der Waals surface area (Å²) in [5.74, 6) is 1.08. The van der Waals surface area contributed by atoms with Gasteiger partial charge in [-0.3, -0.25) is 9.36 Å². The van der Waals surface area contributed by atoms with Crippen LogP contribution in [-0.2, 0) is 11.4 Å². The largest absolute Gasteiger partial charge is 0.484 e. The molecular weight excluding hydrogens is 468 g/mol. The van der Waals surface area contributed by atoms with Gasteiger partial charge in [-0.25, -0.2) is 0 Å². The van der Waals surface area contributed by atoms with E-state index in [-0.39, 0.29) is 12.5 Å². The molecule has 0 fully saturated rings. The molecule has 174 valence electrons. The first kappa shape index (κ1) is 23.9. The molecule has 34 heavy (non-hydrogen) atoms. The molecule has 1 N–H and O–H groups in total. The molecule has 6 nitrogen and oxygen atoms in total. The van der Waals surface area contributed by atoms with E-state index in [0.717, 1.165) is 22.5 Å². The van der Waals surface area contributed by atoms with E-state index in [2.05, 4.69) is 15.5 Å². The van der Waals surface area contributed by atoms with Gasteiger partial charge in [0.15, 0.2) is 11.0 Å². The molecule has 0 saturated heterocycles. The van der Waals surface area contributed by atoms with Crippen LogP contribution in [0.4, 0.5) is 5.69 Å². The van der Waals surface area contributed by atoms with E-state index in [4.69, 9.17) is 16.3 Å². The van der Waals surface area contributed by atoms with Crippen LogP contribution in [0.5, 0.6) is 5.75 Å². The van der Waals surface area contributed by atoms with Crippen molar-refractivity contribution >= 4 is 35.0 Å². The number of thioether (sulfide) groups is 1. The maximum atomic E-state index is 13.0. The third-order valence-electron chi connectivity index (χ3n) is 5.29. The Bertz CT molecular complexity index is 1270. The molecule has 0 bridgehead atoms. The van der Waals surface area contributed by atoms with Crippen molar-refractivity contribution in [2.45, 2.75) is 37.8 Å². The Balaban J connectivity index is 1.56. The highest BCUT2D eigenvalue weighted by molar-refractivity contribution is 8.00. The Labute approximate surface area is 208 Å². The lowest BCUT2D eigenvalue weighted by Crippen LogP contribution is -2.24. The summed E-state index contributed by atoms with van der Waals surface area (Å²) in [6, 6.07) is 23.0. The van der Waals surface area contributed by atoms with Crippen LogP contribution in [0.3, 0.4) is 0 Å². The Morgan fingerprint density at radius 2 is 1.68 bits per heavy atom. The van der Waals surface area contributed by atoms with Gasteiger partial charge in [0.25, 0.3) is 0 Å². The molecule has 4 rings (SSSR count). The van der Waals surface area contributed by atoms with E-state index in [1.165, 1.54) is 11.8 Å². The molecule has 4 aromatic rings. The number of carbonyl (C=O) groups is 1. The smallest absolute Gasteiger partial charge is 0.237 e. The molecule has 0 saturated carbocycles. The molecule has 0 aliphatic rings. The van der Waals surface area contributed by atoms with E-state index >= 15 is 0 Å². The zero-order valence-corrected chi connectivity index (χ0v) is 20.7. The lowest BCUT2D eigenvalue weighted by Gasteiger charge is -2.16. The monoisotopic (exact) mass is 492 g/mol. The molecule has 8 heteroatoms. The fourth-order valence-electron chi connectivity index (χ4n) is 3.46. The number of ether oxygens (including phenoxy) is 1. The molecule has 1 atom stereocenters. The van der Waals surface area contributed by atoms with Crippen LogP contribution in [0.15, 0.2) is 78.0 Å². The topological polar surface area (TPSA) is 69.0 Å². The fourth-order valence-corrected chi connectivity index (χ4v) is 4.54. The average molecular weight is 493 g/mol. The number of anilines is 1. The minimum absolute atomic E-state index is 0.0983. The fraction of sp³-hybridized carbons (Fsp3) is 0.192. The quantitative estimate of drug-likeness (QED) is 0.295. The molecule has 0 aliphatic carbocycles. The van der Waals surface area contributed by atoms with Gasteiger partial charge in [-0.1, -0.05) is 71.9 Å². The van der Waals surface area contributed by atoms with Crippen LogP contribution in [0.1, 0.15) is 23.9 Å². The van der Waals surface area contributed by atoms with E-state index in [1.54, 1.807) is 12.1 Å². The number of rotatable bonds is 8. The van der Waals surface area contributed by atoms with E-state index in [0.29, 0.717) is 21.8 Å². The van der Waals surface area contributed by atoms with Crippen molar-refractivity contribution in [3.8, 4) is 11.4 Å². The van der Waals surface area contributed by atoms with Crippen molar-refractivity contribution in [3.05, 3.63) is 94.8 Å². The minimum atomic E-state index is -0.400. The summed E-state index contributed by atoms with van der Waals surface area (Å²) in [6.07, 6.45) is 0. The van der Waals surface area contributed by atoms with Gasteiger partial charge >= 0.3 is 0 Å². The molecule has 0 radical (unpaired) electrons. The number of nitrogens with zero attached hydrogens (tertiary/aromatic N) is 3. The predicted molar refractivity (Wildman–Crippen MR) is 137 cm³/mol. The van der Waals surface area contributed by atoms with Gasteiger partial charge in [0.2, 0.25) is 5.91 Å². The van der Waals surface area contributed by atoms with Crippen LogP contribution in [0.25, 0.3) is 5.69 Å². The van der Waals surface area contributed by atoms with Crippen LogP contribution in [0, 0.1) is 13.8 Å². The van der Waals surface area contributed by atoms with Crippen molar-refractivity contribution in [1.29, 1.82) is 0 Å². The molecule has 0 spiro atoms. The van der Waals surface area contributed by atoms with Gasteiger partial charge in [-0.2, -0.15) is 0 Å². The normalized spacial score (nSPS) is 11.8. The van der Waals surface area contributed by atoms with Gasteiger partial charge in [0.1, 0.15) is 12.4 Å². The van der Waals surface area contributed by atoms with Gasteiger partial charge in [-0.05, 0) is 56.2 Å². The van der Waals surface area contributed by atoms with Crippen LogP contribution in [0.2, 0.25) is 5.02 Å². The third-order valence-corrected chi connectivity index (χ3v) is 6.64. The van der Waals surface area contributed by atoms with Gasteiger partial charge in [0, 0.05) is 11.4 Å². The van der Waals surface area contributed by atoms with E-state index in [1.807, 2.05) is 86.0 Å². The Hall–Kier alpha value is -3.29. The minimum Gasteiger partial charge on any atom is -0.484 e. The van der Waals surface area contributed by atoms with E-state index < -0.39 is 5.25 Å². The van der Waals surface area contributed by atoms with Crippen LogP contribution < -0.4 is 10.1 Å². The van der Waals surface area contributed by atoms with Crippen molar-refractivity contribution in [2.24, 2.45) is 0 Å². The zero-order chi connectivity index (χ0) is 24.1. The first-order chi connectivity index (χ1) is 16.4. The highest BCUT2D eigenvalue weighted by atomic mass is 35.5. The second kappa shape index (κ2) is 10.8. The highest BCUT2D eigenvalue weighted by Gasteiger charge is 2.22. The summed E-state index contributed by atoms with van der Waals surface area (Å²) in [4.78, 5) is 13.0. The predicted octanol–water partition coefficient (Wildman–Crippen LogP) is 6.24.